The van der Waals surface area contributed by atoms with Crippen LogP contribution in [0.1, 0.15) is 50.2 Å². The third kappa shape index (κ3) is 3.59. The van der Waals surface area contributed by atoms with Gasteiger partial charge in [-0.3, -0.25) is 14.5 Å². The van der Waals surface area contributed by atoms with Crippen LogP contribution in [0.4, 0.5) is 5.69 Å². The molecule has 2 aromatic rings. The summed E-state index contributed by atoms with van der Waals surface area (Å²) in [6, 6.07) is 15.7. The van der Waals surface area contributed by atoms with Crippen LogP contribution in [0.3, 0.4) is 0 Å². The standard InChI is InChI=1S/C25H27NO3/c1-16-6-5-7-17(12-16)20-13-23(28)26(18-8-10-19(29-4)11-9-18)21-14-25(2,3)15-22(27)24(20)21/h5-12,20H,13-15H2,1-4H3. The number of ketones is 1. The van der Waals surface area contributed by atoms with Crippen LogP contribution < -0.4 is 9.64 Å². The fourth-order valence-corrected chi connectivity index (χ4v) is 4.62. The van der Waals surface area contributed by atoms with Gasteiger partial charge in [0.2, 0.25) is 5.91 Å². The van der Waals surface area contributed by atoms with E-state index in [1.54, 1.807) is 12.0 Å². The number of Topliss-reactive ketones (excluding diaryl/α,β-unsaturated/α-hetero) is 1. The Morgan fingerprint density at radius 3 is 2.41 bits per heavy atom. The Labute approximate surface area is 172 Å². The van der Waals surface area contributed by atoms with E-state index in [4.69, 9.17) is 4.74 Å². The zero-order chi connectivity index (χ0) is 20.8. The van der Waals surface area contributed by atoms with Crippen LogP contribution in [-0.2, 0) is 9.59 Å². The summed E-state index contributed by atoms with van der Waals surface area (Å²) in [5.74, 6) is 0.764. The number of rotatable bonds is 3. The van der Waals surface area contributed by atoms with Crippen molar-refractivity contribution in [2.45, 2.75) is 46.0 Å². The lowest BCUT2D eigenvalue weighted by Crippen LogP contribution is -2.43. The van der Waals surface area contributed by atoms with Crippen molar-refractivity contribution in [1.82, 2.24) is 0 Å². The van der Waals surface area contributed by atoms with Crippen LogP contribution in [0.15, 0.2) is 59.8 Å². The number of benzene rings is 2. The van der Waals surface area contributed by atoms with Gasteiger partial charge in [0.05, 0.1) is 7.11 Å². The van der Waals surface area contributed by atoms with Crippen molar-refractivity contribution in [3.8, 4) is 5.75 Å². The molecule has 29 heavy (non-hydrogen) atoms. The topological polar surface area (TPSA) is 46.6 Å². The summed E-state index contributed by atoms with van der Waals surface area (Å²) < 4.78 is 5.26. The molecule has 4 heteroatoms. The van der Waals surface area contributed by atoms with Crippen LogP contribution in [0.25, 0.3) is 0 Å². The molecule has 4 rings (SSSR count). The van der Waals surface area contributed by atoms with E-state index in [9.17, 15) is 9.59 Å². The van der Waals surface area contributed by atoms with Gasteiger partial charge in [-0.15, -0.1) is 0 Å². The number of aryl methyl sites for hydroxylation is 1. The number of carbonyl (C=O) groups is 2. The first-order chi connectivity index (χ1) is 13.8. The highest BCUT2D eigenvalue weighted by molar-refractivity contribution is 6.07. The van der Waals surface area contributed by atoms with E-state index in [2.05, 4.69) is 19.9 Å². The number of hydrogen-bond donors (Lipinski definition) is 0. The van der Waals surface area contributed by atoms with Crippen molar-refractivity contribution in [3.05, 3.63) is 70.9 Å². The largest absolute Gasteiger partial charge is 0.497 e. The molecule has 0 saturated heterocycles. The predicted octanol–water partition coefficient (Wildman–Crippen LogP) is 5.17. The maximum Gasteiger partial charge on any atom is 0.232 e. The van der Waals surface area contributed by atoms with Crippen molar-refractivity contribution >= 4 is 17.4 Å². The summed E-state index contributed by atoms with van der Waals surface area (Å²) in [4.78, 5) is 28.4. The average Bonchev–Trinajstić information content (AvgIpc) is 2.66. The second kappa shape index (κ2) is 7.18. The highest BCUT2D eigenvalue weighted by Gasteiger charge is 2.44. The Morgan fingerprint density at radius 1 is 1.03 bits per heavy atom. The number of hydrogen-bond acceptors (Lipinski definition) is 3. The molecule has 0 fully saturated rings. The minimum atomic E-state index is -0.171. The summed E-state index contributed by atoms with van der Waals surface area (Å²) in [5.41, 5.74) is 4.47. The van der Waals surface area contributed by atoms with Gasteiger partial charge >= 0.3 is 0 Å². The molecule has 1 aliphatic carbocycles. The van der Waals surface area contributed by atoms with E-state index < -0.39 is 0 Å². The van der Waals surface area contributed by atoms with Crippen molar-refractivity contribution in [1.29, 1.82) is 0 Å². The van der Waals surface area contributed by atoms with Crippen molar-refractivity contribution < 1.29 is 14.3 Å². The summed E-state index contributed by atoms with van der Waals surface area (Å²) >= 11 is 0. The summed E-state index contributed by atoms with van der Waals surface area (Å²) in [6.07, 6.45) is 1.52. The number of anilines is 1. The monoisotopic (exact) mass is 389 g/mol. The maximum absolute atomic E-state index is 13.3. The van der Waals surface area contributed by atoms with Crippen LogP contribution in [0.5, 0.6) is 5.75 Å². The van der Waals surface area contributed by atoms with Gasteiger partial charge in [0.25, 0.3) is 0 Å². The van der Waals surface area contributed by atoms with Crippen molar-refractivity contribution in [2.24, 2.45) is 5.41 Å². The number of methoxy groups -OCH3 is 1. The van der Waals surface area contributed by atoms with Gasteiger partial charge in [-0.25, -0.2) is 0 Å². The number of nitrogens with zero attached hydrogens (tertiary/aromatic N) is 1. The van der Waals surface area contributed by atoms with Gasteiger partial charge in [-0.1, -0.05) is 43.7 Å². The molecular formula is C25H27NO3. The second-order valence-corrected chi connectivity index (χ2v) is 8.90. The molecule has 0 bridgehead atoms. The summed E-state index contributed by atoms with van der Waals surface area (Å²) in [7, 11) is 1.62. The van der Waals surface area contributed by atoms with Gasteiger partial charge in [-0.2, -0.15) is 0 Å². The Bertz CT molecular complexity index is 1000. The highest BCUT2D eigenvalue weighted by Crippen LogP contribution is 2.48. The smallest absolute Gasteiger partial charge is 0.232 e. The normalized spacial score (nSPS) is 21.2. The molecule has 0 radical (unpaired) electrons. The Morgan fingerprint density at radius 2 is 1.76 bits per heavy atom. The lowest BCUT2D eigenvalue weighted by molar-refractivity contribution is -0.121. The van der Waals surface area contributed by atoms with Crippen LogP contribution in [-0.4, -0.2) is 18.8 Å². The zero-order valence-electron chi connectivity index (χ0n) is 17.5. The third-order valence-electron chi connectivity index (χ3n) is 5.92. The lowest BCUT2D eigenvalue weighted by Gasteiger charge is -2.43. The van der Waals surface area contributed by atoms with Crippen molar-refractivity contribution in [3.63, 3.8) is 0 Å². The molecule has 1 atom stereocenters. The molecule has 0 saturated carbocycles. The molecule has 0 N–H and O–H groups in total. The first kappa shape index (κ1) is 19.4. The number of carbonyl (C=O) groups excluding carboxylic acids is 2. The fraction of sp³-hybridized carbons (Fsp3) is 0.360. The van der Waals surface area contributed by atoms with E-state index >= 15 is 0 Å². The Balaban J connectivity index is 1.87. The van der Waals surface area contributed by atoms with E-state index in [1.165, 1.54) is 0 Å². The molecule has 2 aliphatic rings. The van der Waals surface area contributed by atoms with Crippen LogP contribution >= 0.6 is 0 Å². The molecule has 150 valence electrons. The first-order valence-corrected chi connectivity index (χ1v) is 10.1. The minimum absolute atomic E-state index is 0.0333. The fourth-order valence-electron chi connectivity index (χ4n) is 4.62. The maximum atomic E-state index is 13.3. The molecule has 0 spiro atoms. The molecule has 0 aromatic heterocycles. The van der Waals surface area contributed by atoms with Gasteiger partial charge < -0.3 is 4.74 Å². The average molecular weight is 389 g/mol. The van der Waals surface area contributed by atoms with E-state index in [0.717, 1.165) is 33.8 Å². The van der Waals surface area contributed by atoms with Crippen LogP contribution in [0, 0.1) is 12.3 Å². The molecule has 4 nitrogen and oxygen atoms in total. The Hall–Kier alpha value is -2.88. The predicted molar refractivity (Wildman–Crippen MR) is 114 cm³/mol. The minimum Gasteiger partial charge on any atom is -0.497 e. The molecule has 1 aliphatic heterocycles. The van der Waals surface area contributed by atoms with E-state index in [1.807, 2.05) is 49.4 Å². The summed E-state index contributed by atoms with van der Waals surface area (Å²) in [5, 5.41) is 0. The molecule has 2 aromatic carbocycles. The Kier molecular flexibility index (Phi) is 4.81. The second-order valence-electron chi connectivity index (χ2n) is 8.90. The van der Waals surface area contributed by atoms with Crippen molar-refractivity contribution in [2.75, 3.05) is 12.0 Å². The van der Waals surface area contributed by atoms with Gasteiger partial charge in [0.15, 0.2) is 5.78 Å². The SMILES string of the molecule is COc1ccc(N2C(=O)CC(c3cccc(C)c3)C3=C2CC(C)(C)CC3=O)cc1. The summed E-state index contributed by atoms with van der Waals surface area (Å²) in [6.45, 7) is 6.24. The van der Waals surface area contributed by atoms with Gasteiger partial charge in [0, 0.05) is 35.7 Å². The van der Waals surface area contributed by atoms with Gasteiger partial charge in [0.1, 0.15) is 5.75 Å². The molecule has 1 unspecified atom stereocenters. The molecule has 1 heterocycles. The van der Waals surface area contributed by atoms with Gasteiger partial charge in [-0.05, 0) is 48.6 Å². The lowest BCUT2D eigenvalue weighted by atomic mass is 9.69. The first-order valence-electron chi connectivity index (χ1n) is 10.1. The van der Waals surface area contributed by atoms with E-state index in [-0.39, 0.29) is 23.0 Å². The van der Waals surface area contributed by atoms with E-state index in [0.29, 0.717) is 19.3 Å². The number of amides is 1. The molecular weight excluding hydrogens is 362 g/mol. The number of ether oxygens (including phenoxy) is 1. The third-order valence-corrected chi connectivity index (χ3v) is 5.92. The number of allylic oxidation sites excluding steroid dienone is 2. The zero-order valence-corrected chi connectivity index (χ0v) is 17.5. The highest BCUT2D eigenvalue weighted by atomic mass is 16.5. The quantitative estimate of drug-likeness (QED) is 0.728. The van der Waals surface area contributed by atoms with Crippen LogP contribution in [0.2, 0.25) is 0 Å². The molecule has 1 amide bonds.